The Bertz CT molecular complexity index is 766. The molecule has 0 unspecified atom stereocenters. The molecule has 0 bridgehead atoms. The van der Waals surface area contributed by atoms with Gasteiger partial charge < -0.3 is 25.3 Å². The first-order chi connectivity index (χ1) is 12.4. The molecule has 10 heteroatoms. The van der Waals surface area contributed by atoms with Gasteiger partial charge in [0.15, 0.2) is 0 Å². The van der Waals surface area contributed by atoms with E-state index in [2.05, 4.69) is 4.90 Å². The summed E-state index contributed by atoms with van der Waals surface area (Å²) in [4.78, 5) is 25.3. The maximum atomic E-state index is 11.7. The lowest BCUT2D eigenvalue weighted by Crippen LogP contribution is -2.56. The van der Waals surface area contributed by atoms with Crippen LogP contribution in [0.4, 0.5) is 0 Å². The molecule has 2 heterocycles. The highest BCUT2D eigenvalue weighted by Crippen LogP contribution is 2.46. The number of hydrogen-bond donors (Lipinski definition) is 3. The van der Waals surface area contributed by atoms with Crippen molar-refractivity contribution in [3.63, 3.8) is 0 Å². The van der Waals surface area contributed by atoms with E-state index in [9.17, 15) is 19.7 Å². The summed E-state index contributed by atoms with van der Waals surface area (Å²) in [6.45, 7) is 1.87. The van der Waals surface area contributed by atoms with Crippen LogP contribution in [0, 0.1) is 5.41 Å². The van der Waals surface area contributed by atoms with Gasteiger partial charge in [-0.1, -0.05) is 6.07 Å². The number of aryl methyl sites for hydroxylation is 1. The van der Waals surface area contributed by atoms with Gasteiger partial charge in [-0.25, -0.2) is 4.79 Å². The second kappa shape index (κ2) is 7.22. The van der Waals surface area contributed by atoms with Crippen molar-refractivity contribution in [3.8, 4) is 11.5 Å². The number of carbonyl (C=O) groups is 2. The van der Waals surface area contributed by atoms with Gasteiger partial charge in [0, 0.05) is 19.6 Å². The van der Waals surface area contributed by atoms with Gasteiger partial charge in [-0.05, 0) is 37.2 Å². The maximum Gasteiger partial charge on any atom is 0.522 e. The molecular weight excluding hydrogens is 374 g/mol. The standard InChI is InChI=1S/C17H21BN2O6.ClH/c19-16(23)17(4-5-17)9-20-7-11(8-20)25-12-2-1-10-3-6-18(24)26-14(10)13(12)15(21)22;/h1-2,11,24H,3-9H2,(H2,19,23)(H,21,22);1H. The number of halogens is 1. The molecule has 1 saturated carbocycles. The Morgan fingerprint density at radius 2 is 2.07 bits per heavy atom. The van der Waals surface area contributed by atoms with Crippen LogP contribution < -0.4 is 15.1 Å². The SMILES string of the molecule is Cl.NC(=O)C1(CN2CC(Oc3ccc4c(c3C(=O)O)OB(O)CC4)C2)CC1. The van der Waals surface area contributed by atoms with Crippen molar-refractivity contribution < 1.29 is 29.1 Å². The van der Waals surface area contributed by atoms with Crippen LogP contribution in [0.1, 0.15) is 28.8 Å². The lowest BCUT2D eigenvalue weighted by molar-refractivity contribution is -0.125. The predicted molar refractivity (Wildman–Crippen MR) is 99.5 cm³/mol. The van der Waals surface area contributed by atoms with E-state index in [1.165, 1.54) is 0 Å². The number of likely N-dealkylation sites (tertiary alicyclic amines) is 1. The number of nitrogens with two attached hydrogens (primary N) is 1. The number of rotatable bonds is 6. The molecule has 3 aliphatic rings. The Kier molecular flexibility index (Phi) is 5.29. The van der Waals surface area contributed by atoms with E-state index in [1.54, 1.807) is 12.1 Å². The summed E-state index contributed by atoms with van der Waals surface area (Å²) in [5, 5.41) is 19.3. The molecule has 1 amide bonds. The van der Waals surface area contributed by atoms with E-state index < -0.39 is 13.1 Å². The van der Waals surface area contributed by atoms with Crippen molar-refractivity contribution in [3.05, 3.63) is 23.3 Å². The molecule has 2 fully saturated rings. The molecule has 2 aliphatic heterocycles. The van der Waals surface area contributed by atoms with Crippen LogP contribution in [0.2, 0.25) is 6.32 Å². The van der Waals surface area contributed by atoms with E-state index in [4.69, 9.17) is 15.1 Å². The van der Waals surface area contributed by atoms with Crippen molar-refractivity contribution in [1.29, 1.82) is 0 Å². The zero-order valence-corrected chi connectivity index (χ0v) is 15.5. The number of amides is 1. The summed E-state index contributed by atoms with van der Waals surface area (Å²) in [5.74, 6) is -0.963. The topological polar surface area (TPSA) is 122 Å². The Labute approximate surface area is 163 Å². The van der Waals surface area contributed by atoms with Crippen LogP contribution in [0.15, 0.2) is 12.1 Å². The van der Waals surface area contributed by atoms with Gasteiger partial charge >= 0.3 is 13.1 Å². The summed E-state index contributed by atoms with van der Waals surface area (Å²) in [6.07, 6.45) is 2.51. The summed E-state index contributed by atoms with van der Waals surface area (Å²) in [6, 6.07) is 3.43. The normalized spacial score (nSPS) is 20.6. The van der Waals surface area contributed by atoms with Crippen LogP contribution >= 0.6 is 12.4 Å². The van der Waals surface area contributed by atoms with Crippen LogP contribution in [-0.4, -0.2) is 59.8 Å². The van der Waals surface area contributed by atoms with Gasteiger partial charge in [-0.15, -0.1) is 12.4 Å². The number of fused-ring (bicyclic) bond motifs is 1. The molecule has 1 aliphatic carbocycles. The minimum Gasteiger partial charge on any atom is -0.535 e. The third-order valence-corrected chi connectivity index (χ3v) is 5.45. The summed E-state index contributed by atoms with van der Waals surface area (Å²) in [5.41, 5.74) is 5.78. The van der Waals surface area contributed by atoms with Crippen molar-refractivity contribution in [2.75, 3.05) is 19.6 Å². The smallest absolute Gasteiger partial charge is 0.522 e. The van der Waals surface area contributed by atoms with E-state index in [0.717, 1.165) is 18.4 Å². The average molecular weight is 397 g/mol. The fourth-order valence-corrected chi connectivity index (χ4v) is 3.68. The lowest BCUT2D eigenvalue weighted by Gasteiger charge is -2.40. The Morgan fingerprint density at radius 1 is 1.37 bits per heavy atom. The minimum atomic E-state index is -1.15. The predicted octanol–water partition coefficient (Wildman–Crippen LogP) is 0.550. The second-order valence-electron chi connectivity index (χ2n) is 7.42. The molecule has 0 aromatic heterocycles. The van der Waals surface area contributed by atoms with Crippen molar-refractivity contribution in [2.45, 2.75) is 31.7 Å². The highest BCUT2D eigenvalue weighted by molar-refractivity contribution is 6.44. The summed E-state index contributed by atoms with van der Waals surface area (Å²) in [7, 11) is -1.00. The molecule has 1 aromatic carbocycles. The second-order valence-corrected chi connectivity index (χ2v) is 7.42. The average Bonchev–Trinajstić information content (AvgIpc) is 3.33. The first-order valence-corrected chi connectivity index (χ1v) is 8.81. The largest absolute Gasteiger partial charge is 0.535 e. The summed E-state index contributed by atoms with van der Waals surface area (Å²) >= 11 is 0. The number of primary amides is 1. The van der Waals surface area contributed by atoms with E-state index >= 15 is 0 Å². The quantitative estimate of drug-likeness (QED) is 0.600. The van der Waals surface area contributed by atoms with Crippen LogP contribution in [0.5, 0.6) is 11.5 Å². The number of carboxylic acid groups (broad SMARTS) is 1. The van der Waals surface area contributed by atoms with Crippen LogP contribution in [-0.2, 0) is 11.2 Å². The third kappa shape index (κ3) is 3.72. The summed E-state index contributed by atoms with van der Waals surface area (Å²) < 4.78 is 11.2. The van der Waals surface area contributed by atoms with E-state index in [-0.39, 0.29) is 46.9 Å². The third-order valence-electron chi connectivity index (χ3n) is 5.45. The first kappa shape index (κ1) is 19.8. The van der Waals surface area contributed by atoms with Gasteiger partial charge in [0.2, 0.25) is 5.91 Å². The molecule has 27 heavy (non-hydrogen) atoms. The van der Waals surface area contributed by atoms with Gasteiger partial charge in [0.05, 0.1) is 5.41 Å². The fraction of sp³-hybridized carbons (Fsp3) is 0.529. The van der Waals surface area contributed by atoms with Gasteiger partial charge in [-0.2, -0.15) is 0 Å². The Balaban J connectivity index is 0.00000210. The molecular formula is C17H22BClN2O6. The monoisotopic (exact) mass is 396 g/mol. The Morgan fingerprint density at radius 3 is 2.67 bits per heavy atom. The zero-order valence-electron chi connectivity index (χ0n) is 14.7. The number of hydrogen-bond acceptors (Lipinski definition) is 6. The molecule has 4 rings (SSSR count). The van der Waals surface area contributed by atoms with Crippen molar-refractivity contribution in [1.82, 2.24) is 4.90 Å². The number of benzene rings is 1. The number of ether oxygens (including phenoxy) is 1. The van der Waals surface area contributed by atoms with Gasteiger partial charge in [-0.3, -0.25) is 9.69 Å². The number of carboxylic acids is 1. The molecule has 8 nitrogen and oxygen atoms in total. The Hall–Kier alpha value is -1.97. The van der Waals surface area contributed by atoms with Crippen molar-refractivity contribution in [2.24, 2.45) is 11.1 Å². The molecule has 4 N–H and O–H groups in total. The molecule has 146 valence electrons. The highest BCUT2D eigenvalue weighted by Gasteiger charge is 2.51. The number of carbonyl (C=O) groups excluding carboxylic acids is 1. The number of nitrogens with zero attached hydrogens (tertiary/aromatic N) is 1. The highest BCUT2D eigenvalue weighted by atomic mass is 35.5. The molecule has 1 aromatic rings. The fourth-order valence-electron chi connectivity index (χ4n) is 3.68. The van der Waals surface area contributed by atoms with Gasteiger partial charge in [0.1, 0.15) is 23.2 Å². The number of aromatic carboxylic acids is 1. The maximum absolute atomic E-state index is 11.7. The lowest BCUT2D eigenvalue weighted by atomic mass is 9.78. The molecule has 1 saturated heterocycles. The van der Waals surface area contributed by atoms with E-state index in [0.29, 0.717) is 32.4 Å². The van der Waals surface area contributed by atoms with Gasteiger partial charge in [0.25, 0.3) is 0 Å². The van der Waals surface area contributed by atoms with Crippen LogP contribution in [0.3, 0.4) is 0 Å². The van der Waals surface area contributed by atoms with E-state index in [1.807, 2.05) is 0 Å². The minimum absolute atomic E-state index is 0. The molecule has 0 atom stereocenters. The molecule has 0 spiro atoms. The van der Waals surface area contributed by atoms with Crippen molar-refractivity contribution >= 4 is 31.4 Å². The molecule has 0 radical (unpaired) electrons. The zero-order chi connectivity index (χ0) is 18.5. The van der Waals surface area contributed by atoms with Crippen LogP contribution in [0.25, 0.3) is 0 Å². The first-order valence-electron chi connectivity index (χ1n) is 8.81.